The summed E-state index contributed by atoms with van der Waals surface area (Å²) in [7, 11) is 0. The Bertz CT molecular complexity index is 1160. The van der Waals surface area contributed by atoms with Gasteiger partial charge in [-0.1, -0.05) is 18.2 Å². The van der Waals surface area contributed by atoms with Crippen molar-refractivity contribution in [3.8, 4) is 0 Å². The Morgan fingerprint density at radius 2 is 2.00 bits per heavy atom. The highest BCUT2D eigenvalue weighted by Gasteiger charge is 2.15. The first-order valence-electron chi connectivity index (χ1n) is 9.21. The van der Waals surface area contributed by atoms with Crippen LogP contribution in [0.4, 0.5) is 5.69 Å². The Hall–Kier alpha value is -3.12. The SMILES string of the molecule is O=c1c2cnc3ccc(N4CCOCC4)cc3c2[nH]n1C1=CC=CCC=C1. The number of nitrogens with one attached hydrogen (secondary N) is 1. The summed E-state index contributed by atoms with van der Waals surface area (Å²) in [6.07, 6.45) is 12.5. The predicted octanol–water partition coefficient (Wildman–Crippen LogP) is 3.07. The Kier molecular flexibility index (Phi) is 3.90. The van der Waals surface area contributed by atoms with Gasteiger partial charge in [0.05, 0.1) is 35.3 Å². The number of morpholine rings is 1. The van der Waals surface area contributed by atoms with Crippen molar-refractivity contribution in [2.75, 3.05) is 31.2 Å². The van der Waals surface area contributed by atoms with E-state index in [1.807, 2.05) is 30.4 Å². The largest absolute Gasteiger partial charge is 0.378 e. The monoisotopic (exact) mass is 360 g/mol. The van der Waals surface area contributed by atoms with Crippen molar-refractivity contribution in [3.05, 3.63) is 65.1 Å². The van der Waals surface area contributed by atoms with Gasteiger partial charge in [0.2, 0.25) is 0 Å². The van der Waals surface area contributed by atoms with Crippen molar-refractivity contribution in [1.82, 2.24) is 14.8 Å². The van der Waals surface area contributed by atoms with E-state index >= 15 is 0 Å². The van der Waals surface area contributed by atoms with Gasteiger partial charge in [-0.05, 0) is 36.8 Å². The molecule has 0 atom stereocenters. The van der Waals surface area contributed by atoms with E-state index in [2.05, 4.69) is 33.2 Å². The molecule has 0 unspecified atom stereocenters. The van der Waals surface area contributed by atoms with Crippen molar-refractivity contribution in [2.45, 2.75) is 6.42 Å². The van der Waals surface area contributed by atoms with Crippen LogP contribution in [-0.2, 0) is 4.74 Å². The minimum Gasteiger partial charge on any atom is -0.378 e. The van der Waals surface area contributed by atoms with Crippen LogP contribution in [0.2, 0.25) is 0 Å². The number of nitrogens with zero attached hydrogens (tertiary/aromatic N) is 3. The van der Waals surface area contributed by atoms with Gasteiger partial charge in [0, 0.05) is 30.4 Å². The lowest BCUT2D eigenvalue weighted by Crippen LogP contribution is -2.36. The lowest BCUT2D eigenvalue weighted by atomic mass is 10.1. The fraction of sp³-hybridized carbons (Fsp3) is 0.238. The summed E-state index contributed by atoms with van der Waals surface area (Å²) < 4.78 is 7.05. The van der Waals surface area contributed by atoms with E-state index < -0.39 is 0 Å². The van der Waals surface area contributed by atoms with E-state index in [1.165, 1.54) is 0 Å². The molecule has 3 heterocycles. The third-order valence-electron chi connectivity index (χ3n) is 5.11. The number of ether oxygens (including phenoxy) is 1. The Balaban J connectivity index is 1.69. The van der Waals surface area contributed by atoms with Crippen LogP contribution in [0.15, 0.2) is 59.6 Å². The Labute approximate surface area is 156 Å². The number of hydrogen-bond donors (Lipinski definition) is 1. The van der Waals surface area contributed by atoms with Crippen LogP contribution in [0, 0.1) is 0 Å². The molecule has 3 aromatic rings. The second-order valence-corrected chi connectivity index (χ2v) is 6.76. The number of H-pyrrole nitrogens is 1. The van der Waals surface area contributed by atoms with Gasteiger partial charge < -0.3 is 9.64 Å². The molecule has 1 aliphatic heterocycles. The highest BCUT2D eigenvalue weighted by Crippen LogP contribution is 2.26. The number of aromatic nitrogens is 3. The molecular weight excluding hydrogens is 340 g/mol. The molecule has 2 aromatic heterocycles. The summed E-state index contributed by atoms with van der Waals surface area (Å²) in [5, 5.41) is 4.86. The minimum absolute atomic E-state index is 0.0811. The van der Waals surface area contributed by atoms with Crippen LogP contribution < -0.4 is 10.5 Å². The maximum absolute atomic E-state index is 12.9. The molecule has 0 saturated carbocycles. The van der Waals surface area contributed by atoms with Gasteiger partial charge in [0.25, 0.3) is 5.56 Å². The lowest BCUT2D eigenvalue weighted by Gasteiger charge is -2.29. The zero-order chi connectivity index (χ0) is 18.2. The van der Waals surface area contributed by atoms with Crippen molar-refractivity contribution >= 4 is 33.2 Å². The molecule has 0 spiro atoms. The average Bonchev–Trinajstić information content (AvgIpc) is 2.88. The normalized spacial score (nSPS) is 17.5. The van der Waals surface area contributed by atoms with Crippen molar-refractivity contribution < 1.29 is 4.74 Å². The van der Waals surface area contributed by atoms with Crippen molar-refractivity contribution in [3.63, 3.8) is 0 Å². The van der Waals surface area contributed by atoms with Gasteiger partial charge in [-0.15, -0.1) is 0 Å². The van der Waals surface area contributed by atoms with Gasteiger partial charge in [0.15, 0.2) is 0 Å². The number of benzene rings is 1. The fourth-order valence-corrected chi connectivity index (χ4v) is 3.66. The first kappa shape index (κ1) is 16.1. The van der Waals surface area contributed by atoms with Crippen LogP contribution in [-0.4, -0.2) is 41.1 Å². The van der Waals surface area contributed by atoms with Gasteiger partial charge in [-0.3, -0.25) is 14.9 Å². The zero-order valence-corrected chi connectivity index (χ0v) is 14.9. The number of anilines is 1. The topological polar surface area (TPSA) is 63.2 Å². The van der Waals surface area contributed by atoms with Crippen LogP contribution in [0.25, 0.3) is 27.5 Å². The second kappa shape index (κ2) is 6.55. The zero-order valence-electron chi connectivity index (χ0n) is 14.9. The first-order chi connectivity index (χ1) is 13.3. The molecule has 136 valence electrons. The van der Waals surface area contributed by atoms with E-state index in [1.54, 1.807) is 10.9 Å². The molecule has 1 saturated heterocycles. The van der Waals surface area contributed by atoms with Crippen LogP contribution in [0.5, 0.6) is 0 Å². The third-order valence-corrected chi connectivity index (χ3v) is 5.11. The second-order valence-electron chi connectivity index (χ2n) is 6.76. The Morgan fingerprint density at radius 3 is 2.89 bits per heavy atom. The molecule has 1 aliphatic carbocycles. The molecule has 6 heteroatoms. The molecule has 1 N–H and O–H groups in total. The first-order valence-corrected chi connectivity index (χ1v) is 9.21. The number of aromatic amines is 1. The highest BCUT2D eigenvalue weighted by atomic mass is 16.5. The molecular formula is C21H20N4O2. The summed E-state index contributed by atoms with van der Waals surface area (Å²) in [5.74, 6) is 0. The molecule has 1 fully saturated rings. The number of fused-ring (bicyclic) bond motifs is 3. The predicted molar refractivity (Wildman–Crippen MR) is 108 cm³/mol. The summed E-state index contributed by atoms with van der Waals surface area (Å²) in [6.45, 7) is 3.22. The van der Waals surface area contributed by atoms with Crippen molar-refractivity contribution in [2.24, 2.45) is 0 Å². The molecule has 0 bridgehead atoms. The fourth-order valence-electron chi connectivity index (χ4n) is 3.66. The van der Waals surface area contributed by atoms with E-state index in [-0.39, 0.29) is 5.56 Å². The lowest BCUT2D eigenvalue weighted by molar-refractivity contribution is 0.122. The molecule has 6 nitrogen and oxygen atoms in total. The summed E-state index contributed by atoms with van der Waals surface area (Å²) in [5.41, 5.74) is 3.57. The summed E-state index contributed by atoms with van der Waals surface area (Å²) >= 11 is 0. The third kappa shape index (κ3) is 2.78. The van der Waals surface area contributed by atoms with E-state index in [0.717, 1.165) is 60.5 Å². The molecule has 5 rings (SSSR count). The van der Waals surface area contributed by atoms with E-state index in [4.69, 9.17) is 4.74 Å². The van der Waals surface area contributed by atoms with Crippen molar-refractivity contribution in [1.29, 1.82) is 0 Å². The maximum Gasteiger partial charge on any atom is 0.280 e. The summed E-state index contributed by atoms with van der Waals surface area (Å²) in [4.78, 5) is 19.7. The molecule has 0 amide bonds. The van der Waals surface area contributed by atoms with Crippen LogP contribution >= 0.6 is 0 Å². The van der Waals surface area contributed by atoms with Crippen LogP contribution in [0.1, 0.15) is 6.42 Å². The maximum atomic E-state index is 12.9. The number of rotatable bonds is 2. The molecule has 27 heavy (non-hydrogen) atoms. The number of hydrogen-bond acceptors (Lipinski definition) is 4. The van der Waals surface area contributed by atoms with E-state index in [0.29, 0.717) is 5.39 Å². The smallest absolute Gasteiger partial charge is 0.280 e. The number of pyridine rings is 1. The van der Waals surface area contributed by atoms with Crippen LogP contribution in [0.3, 0.4) is 0 Å². The van der Waals surface area contributed by atoms with Gasteiger partial charge >= 0.3 is 0 Å². The minimum atomic E-state index is -0.0811. The molecule has 0 radical (unpaired) electrons. The summed E-state index contributed by atoms with van der Waals surface area (Å²) in [6, 6.07) is 6.22. The van der Waals surface area contributed by atoms with Gasteiger partial charge in [-0.2, -0.15) is 0 Å². The van der Waals surface area contributed by atoms with Gasteiger partial charge in [-0.25, -0.2) is 4.68 Å². The molecule has 2 aliphatic rings. The molecule has 1 aromatic carbocycles. The van der Waals surface area contributed by atoms with Gasteiger partial charge in [0.1, 0.15) is 0 Å². The standard InChI is InChI=1S/C21H20N4O2/c26-21-18-14-22-19-8-7-16(24-9-11-27-12-10-24)13-17(19)20(18)23-25(21)15-5-3-1-2-4-6-15/h1,3-8,13-14,23H,2,9-12H2. The highest BCUT2D eigenvalue weighted by molar-refractivity contribution is 6.04. The Morgan fingerprint density at radius 1 is 1.11 bits per heavy atom. The quantitative estimate of drug-likeness (QED) is 0.763. The van der Waals surface area contributed by atoms with E-state index in [9.17, 15) is 4.79 Å². The number of allylic oxidation sites excluding steroid dienone is 6. The average molecular weight is 360 g/mol.